The van der Waals surface area contributed by atoms with Crippen LogP contribution in [0.1, 0.15) is 36.8 Å². The highest BCUT2D eigenvalue weighted by Crippen LogP contribution is 2.55. The van der Waals surface area contributed by atoms with Crippen LogP contribution in [0, 0.1) is 0 Å². The molecule has 1 aliphatic carbocycles. The Bertz CT molecular complexity index is 587. The van der Waals surface area contributed by atoms with Gasteiger partial charge in [-0.25, -0.2) is 0 Å². The Morgan fingerprint density at radius 3 is 2.95 bits per heavy atom. The van der Waals surface area contributed by atoms with E-state index in [0.29, 0.717) is 12.8 Å². The fourth-order valence-electron chi connectivity index (χ4n) is 4.92. The number of aliphatic hydroxyl groups is 1. The lowest BCUT2D eigenvalue weighted by Gasteiger charge is -2.48. The number of ether oxygens (including phenoxy) is 2. The first-order chi connectivity index (χ1) is 9.76. The van der Waals surface area contributed by atoms with E-state index in [1.807, 2.05) is 0 Å². The first-order valence-corrected chi connectivity index (χ1v) is 7.61. The predicted molar refractivity (Wildman–Crippen MR) is 72.9 cm³/mol. The van der Waals surface area contributed by atoms with Gasteiger partial charge >= 0.3 is 0 Å². The number of fused-ring (bicyclic) bond motifs is 2. The summed E-state index contributed by atoms with van der Waals surface area (Å²) >= 11 is 0. The molecule has 3 heterocycles. The highest BCUT2D eigenvalue weighted by Gasteiger charge is 2.54. The molecule has 0 aromatic heterocycles. The first-order valence-electron chi connectivity index (χ1n) is 7.61. The number of nitrogens with zero attached hydrogens (tertiary/aromatic N) is 1. The third-order valence-electron chi connectivity index (χ3n) is 5.85. The third-order valence-corrected chi connectivity index (χ3v) is 5.85. The minimum absolute atomic E-state index is 0.121. The number of benzene rings is 1. The summed E-state index contributed by atoms with van der Waals surface area (Å²) in [5, 5.41) is 10.0. The fraction of sp³-hybridized carbons (Fsp3) is 0.625. The molecule has 4 atom stereocenters. The van der Waals surface area contributed by atoms with Gasteiger partial charge in [0.1, 0.15) is 0 Å². The van der Waals surface area contributed by atoms with E-state index < -0.39 is 0 Å². The number of hydrogen-bond donors (Lipinski definition) is 1. The lowest BCUT2D eigenvalue weighted by atomic mass is 9.63. The molecule has 0 amide bonds. The minimum atomic E-state index is -0.121. The summed E-state index contributed by atoms with van der Waals surface area (Å²) in [5.74, 6) is 1.80. The molecule has 1 unspecified atom stereocenters. The summed E-state index contributed by atoms with van der Waals surface area (Å²) in [6.45, 7) is 2.49. The normalized spacial score (nSPS) is 40.4. The maximum Gasteiger partial charge on any atom is 0.231 e. The van der Waals surface area contributed by atoms with E-state index in [2.05, 4.69) is 17.0 Å². The molecule has 1 aromatic carbocycles. The Morgan fingerprint density at radius 2 is 2.05 bits per heavy atom. The highest BCUT2D eigenvalue weighted by atomic mass is 16.7. The minimum Gasteiger partial charge on any atom is -0.454 e. The van der Waals surface area contributed by atoms with Crippen molar-refractivity contribution in [2.45, 2.75) is 49.8 Å². The largest absolute Gasteiger partial charge is 0.454 e. The molecular weight excluding hydrogens is 254 g/mol. The molecule has 1 saturated heterocycles. The molecule has 0 spiro atoms. The van der Waals surface area contributed by atoms with Gasteiger partial charge in [0.2, 0.25) is 6.79 Å². The Kier molecular flexibility index (Phi) is 2.10. The van der Waals surface area contributed by atoms with Crippen LogP contribution in [-0.2, 0) is 12.0 Å². The van der Waals surface area contributed by atoms with E-state index >= 15 is 0 Å². The van der Waals surface area contributed by atoms with Crippen molar-refractivity contribution in [1.82, 2.24) is 4.90 Å². The first kappa shape index (κ1) is 11.4. The zero-order valence-electron chi connectivity index (χ0n) is 11.5. The van der Waals surface area contributed by atoms with Crippen molar-refractivity contribution < 1.29 is 14.6 Å². The number of aliphatic hydroxyl groups excluding tert-OH is 1. The second-order valence-corrected chi connectivity index (χ2v) is 6.68. The fourth-order valence-corrected chi connectivity index (χ4v) is 4.92. The second-order valence-electron chi connectivity index (χ2n) is 6.68. The van der Waals surface area contributed by atoms with Gasteiger partial charge in [-0.15, -0.1) is 0 Å². The van der Waals surface area contributed by atoms with Gasteiger partial charge in [0.15, 0.2) is 11.5 Å². The molecule has 1 N–H and O–H groups in total. The van der Waals surface area contributed by atoms with Crippen LogP contribution in [0.4, 0.5) is 0 Å². The molecule has 2 bridgehead atoms. The van der Waals surface area contributed by atoms with Crippen molar-refractivity contribution in [2.24, 2.45) is 0 Å². The van der Waals surface area contributed by atoms with Crippen LogP contribution in [0.3, 0.4) is 0 Å². The van der Waals surface area contributed by atoms with Crippen molar-refractivity contribution in [3.05, 3.63) is 23.3 Å². The maximum absolute atomic E-state index is 10.0. The van der Waals surface area contributed by atoms with Gasteiger partial charge in [0.25, 0.3) is 0 Å². The molecule has 1 aromatic rings. The summed E-state index contributed by atoms with van der Waals surface area (Å²) < 4.78 is 11.1. The van der Waals surface area contributed by atoms with Crippen LogP contribution in [0.15, 0.2) is 12.1 Å². The smallest absolute Gasteiger partial charge is 0.231 e. The van der Waals surface area contributed by atoms with Crippen LogP contribution >= 0.6 is 0 Å². The summed E-state index contributed by atoms with van der Waals surface area (Å²) in [4.78, 5) is 2.56. The summed E-state index contributed by atoms with van der Waals surface area (Å²) in [6, 6.07) is 4.92. The van der Waals surface area contributed by atoms with Crippen molar-refractivity contribution in [1.29, 1.82) is 0 Å². The van der Waals surface area contributed by atoms with E-state index in [1.54, 1.807) is 0 Å². The molecule has 4 nitrogen and oxygen atoms in total. The molecule has 1 saturated carbocycles. The van der Waals surface area contributed by atoms with E-state index in [0.717, 1.165) is 43.9 Å². The molecule has 4 aliphatic rings. The van der Waals surface area contributed by atoms with Gasteiger partial charge in [0, 0.05) is 18.0 Å². The second kappa shape index (κ2) is 3.68. The van der Waals surface area contributed by atoms with E-state index in [4.69, 9.17) is 9.47 Å². The SMILES string of the molecule is O[C@@H]1CC[C@]23CCN(Cc4cc5c(cc42)OCO5)[C@H]3C1. The Labute approximate surface area is 118 Å². The molecule has 4 heteroatoms. The summed E-state index contributed by atoms with van der Waals surface area (Å²) in [6.07, 6.45) is 4.05. The molecule has 0 radical (unpaired) electrons. The lowest BCUT2D eigenvalue weighted by molar-refractivity contribution is 0.0384. The van der Waals surface area contributed by atoms with Crippen LogP contribution in [0.5, 0.6) is 11.5 Å². The van der Waals surface area contributed by atoms with Gasteiger partial charge in [-0.05, 0) is 55.5 Å². The molecule has 106 valence electrons. The third kappa shape index (κ3) is 1.29. The van der Waals surface area contributed by atoms with Crippen LogP contribution in [0.2, 0.25) is 0 Å². The lowest BCUT2D eigenvalue weighted by Crippen LogP contribution is -2.51. The van der Waals surface area contributed by atoms with Gasteiger partial charge < -0.3 is 14.6 Å². The van der Waals surface area contributed by atoms with Crippen molar-refractivity contribution in [3.8, 4) is 11.5 Å². The van der Waals surface area contributed by atoms with Crippen molar-refractivity contribution in [3.63, 3.8) is 0 Å². The van der Waals surface area contributed by atoms with Gasteiger partial charge in [-0.2, -0.15) is 0 Å². The molecule has 20 heavy (non-hydrogen) atoms. The van der Waals surface area contributed by atoms with Gasteiger partial charge in [0.05, 0.1) is 6.10 Å². The quantitative estimate of drug-likeness (QED) is 0.782. The summed E-state index contributed by atoms with van der Waals surface area (Å²) in [7, 11) is 0. The summed E-state index contributed by atoms with van der Waals surface area (Å²) in [5.41, 5.74) is 3.11. The zero-order valence-corrected chi connectivity index (χ0v) is 11.5. The van der Waals surface area contributed by atoms with Crippen LogP contribution in [0.25, 0.3) is 0 Å². The van der Waals surface area contributed by atoms with Gasteiger partial charge in [-0.1, -0.05) is 0 Å². The highest BCUT2D eigenvalue weighted by molar-refractivity contribution is 5.53. The van der Waals surface area contributed by atoms with E-state index in [9.17, 15) is 5.11 Å². The number of rotatable bonds is 0. The van der Waals surface area contributed by atoms with E-state index in [1.165, 1.54) is 17.5 Å². The van der Waals surface area contributed by atoms with Crippen molar-refractivity contribution in [2.75, 3.05) is 13.3 Å². The van der Waals surface area contributed by atoms with Crippen molar-refractivity contribution >= 4 is 0 Å². The zero-order chi connectivity index (χ0) is 13.3. The monoisotopic (exact) mass is 273 g/mol. The standard InChI is InChI=1S/C16H19NO3/c18-11-1-2-16-3-4-17(15(16)6-11)8-10-5-13-14(7-12(10)16)20-9-19-13/h5,7,11,15,18H,1-4,6,8-9H2/t11-,15+,16+/m1/s1. The topological polar surface area (TPSA) is 41.9 Å². The number of hydrogen-bond acceptors (Lipinski definition) is 4. The van der Waals surface area contributed by atoms with Gasteiger partial charge in [-0.3, -0.25) is 4.90 Å². The average Bonchev–Trinajstić information content (AvgIpc) is 3.00. The maximum atomic E-state index is 10.0. The predicted octanol–water partition coefficient (Wildman–Crippen LogP) is 1.79. The molecule has 2 fully saturated rings. The van der Waals surface area contributed by atoms with Crippen LogP contribution < -0.4 is 9.47 Å². The van der Waals surface area contributed by atoms with Crippen LogP contribution in [-0.4, -0.2) is 35.5 Å². The Balaban J connectivity index is 1.68. The molecule has 3 aliphatic heterocycles. The molecular formula is C16H19NO3. The average molecular weight is 273 g/mol. The Hall–Kier alpha value is -1.26. The Morgan fingerprint density at radius 1 is 1.20 bits per heavy atom. The van der Waals surface area contributed by atoms with E-state index in [-0.39, 0.29) is 11.5 Å². The molecule has 5 rings (SSSR count).